The number of nitrogen functional groups attached to an aromatic ring is 1. The van der Waals surface area contributed by atoms with Gasteiger partial charge in [0.15, 0.2) is 0 Å². The van der Waals surface area contributed by atoms with Crippen molar-refractivity contribution in [3.8, 4) is 0 Å². The molecule has 0 aliphatic carbocycles. The summed E-state index contributed by atoms with van der Waals surface area (Å²) in [6, 6.07) is 16.1. The van der Waals surface area contributed by atoms with Crippen molar-refractivity contribution in [2.24, 2.45) is 0 Å². The number of aryl methyl sites for hydroxylation is 1. The van der Waals surface area contributed by atoms with Gasteiger partial charge in [-0.25, -0.2) is 0 Å². The second-order valence-corrected chi connectivity index (χ2v) is 5.53. The van der Waals surface area contributed by atoms with Crippen LogP contribution in [0, 0.1) is 0 Å². The molecule has 0 radical (unpaired) electrons. The molecule has 3 rings (SSSR count). The first-order valence-electron chi connectivity index (χ1n) is 7.42. The Balaban J connectivity index is 0.00000176. The number of benzene rings is 2. The zero-order valence-electron chi connectivity index (χ0n) is 12.5. The average molecular weight is 317 g/mol. The molecule has 3 nitrogen and oxygen atoms in total. The van der Waals surface area contributed by atoms with Crippen LogP contribution < -0.4 is 5.73 Å². The minimum absolute atomic E-state index is 0. The van der Waals surface area contributed by atoms with Gasteiger partial charge in [-0.05, 0) is 35.6 Å². The van der Waals surface area contributed by atoms with Crippen molar-refractivity contribution in [2.45, 2.75) is 25.8 Å². The molecule has 0 bridgehead atoms. The van der Waals surface area contributed by atoms with Gasteiger partial charge in [0, 0.05) is 25.2 Å². The lowest BCUT2D eigenvalue weighted by molar-refractivity contribution is -0.132. The summed E-state index contributed by atoms with van der Waals surface area (Å²) in [5.41, 5.74) is 10.4. The van der Waals surface area contributed by atoms with Crippen molar-refractivity contribution in [1.29, 1.82) is 0 Å². The molecule has 22 heavy (non-hydrogen) atoms. The Labute approximate surface area is 137 Å². The molecule has 116 valence electrons. The summed E-state index contributed by atoms with van der Waals surface area (Å²) in [6.45, 7) is 1.55. The lowest BCUT2D eigenvalue weighted by Crippen LogP contribution is -2.36. The first kappa shape index (κ1) is 16.4. The van der Waals surface area contributed by atoms with Crippen LogP contribution in [0.1, 0.15) is 23.1 Å². The maximum Gasteiger partial charge on any atom is 0.223 e. The SMILES string of the molecule is Cl.Nc1ccccc1CCC(=O)N1CCc2ccccc2C1. The predicted octanol–water partition coefficient (Wildman–Crippen LogP) is 3.21. The molecule has 0 unspecified atom stereocenters. The van der Waals surface area contributed by atoms with Crippen LogP contribution in [0.3, 0.4) is 0 Å². The molecule has 2 N–H and O–H groups in total. The molecule has 1 amide bonds. The summed E-state index contributed by atoms with van der Waals surface area (Å²) in [6.07, 6.45) is 2.19. The number of nitrogens with zero attached hydrogens (tertiary/aromatic N) is 1. The van der Waals surface area contributed by atoms with E-state index in [1.54, 1.807) is 0 Å². The second kappa shape index (κ2) is 7.32. The fraction of sp³-hybridized carbons (Fsp3) is 0.278. The monoisotopic (exact) mass is 316 g/mol. The highest BCUT2D eigenvalue weighted by atomic mass is 35.5. The number of hydrogen-bond acceptors (Lipinski definition) is 2. The molecule has 1 heterocycles. The first-order chi connectivity index (χ1) is 10.2. The fourth-order valence-corrected chi connectivity index (χ4v) is 2.87. The van der Waals surface area contributed by atoms with E-state index in [9.17, 15) is 4.79 Å². The number of nitrogens with two attached hydrogens (primary N) is 1. The quantitative estimate of drug-likeness (QED) is 0.884. The zero-order chi connectivity index (χ0) is 14.7. The summed E-state index contributed by atoms with van der Waals surface area (Å²) in [5, 5.41) is 0. The van der Waals surface area contributed by atoms with Gasteiger partial charge in [0.2, 0.25) is 5.91 Å². The van der Waals surface area contributed by atoms with Crippen LogP contribution >= 0.6 is 12.4 Å². The van der Waals surface area contributed by atoms with Crippen LogP contribution in [0.4, 0.5) is 5.69 Å². The van der Waals surface area contributed by atoms with E-state index < -0.39 is 0 Å². The molecular formula is C18H21ClN2O. The Morgan fingerprint density at radius 2 is 1.73 bits per heavy atom. The fourth-order valence-electron chi connectivity index (χ4n) is 2.87. The van der Waals surface area contributed by atoms with Crippen molar-refractivity contribution in [3.05, 3.63) is 65.2 Å². The maximum atomic E-state index is 12.4. The highest BCUT2D eigenvalue weighted by Crippen LogP contribution is 2.20. The third-order valence-corrected chi connectivity index (χ3v) is 4.15. The minimum atomic E-state index is 0. The Hall–Kier alpha value is -2.00. The summed E-state index contributed by atoms with van der Waals surface area (Å²) >= 11 is 0. The number of anilines is 1. The van der Waals surface area contributed by atoms with Gasteiger partial charge in [-0.1, -0.05) is 42.5 Å². The highest BCUT2D eigenvalue weighted by molar-refractivity contribution is 5.85. The normalized spacial score (nSPS) is 13.2. The van der Waals surface area contributed by atoms with E-state index in [4.69, 9.17) is 5.73 Å². The van der Waals surface area contributed by atoms with E-state index in [0.29, 0.717) is 12.8 Å². The van der Waals surface area contributed by atoms with E-state index >= 15 is 0 Å². The van der Waals surface area contributed by atoms with Gasteiger partial charge in [0.25, 0.3) is 0 Å². The number of hydrogen-bond donors (Lipinski definition) is 1. The highest BCUT2D eigenvalue weighted by Gasteiger charge is 2.20. The van der Waals surface area contributed by atoms with Gasteiger partial charge in [0.1, 0.15) is 0 Å². The van der Waals surface area contributed by atoms with Crippen molar-refractivity contribution in [3.63, 3.8) is 0 Å². The van der Waals surface area contributed by atoms with Gasteiger partial charge in [-0.15, -0.1) is 12.4 Å². The topological polar surface area (TPSA) is 46.3 Å². The standard InChI is InChI=1S/C18H20N2O.ClH/c19-17-8-4-3-6-15(17)9-10-18(21)20-12-11-14-5-1-2-7-16(14)13-20;/h1-8H,9-13,19H2;1H. The van der Waals surface area contributed by atoms with Crippen LogP contribution in [-0.4, -0.2) is 17.4 Å². The number of fused-ring (bicyclic) bond motifs is 1. The predicted molar refractivity (Wildman–Crippen MR) is 92.0 cm³/mol. The Kier molecular flexibility index (Phi) is 5.45. The molecule has 1 aliphatic rings. The molecule has 2 aromatic rings. The molecule has 0 aromatic heterocycles. The molecule has 0 saturated carbocycles. The Bertz CT molecular complexity index is 657. The van der Waals surface area contributed by atoms with Gasteiger partial charge >= 0.3 is 0 Å². The van der Waals surface area contributed by atoms with E-state index in [2.05, 4.69) is 18.2 Å². The number of carbonyl (C=O) groups is 1. The molecular weight excluding hydrogens is 296 g/mol. The smallest absolute Gasteiger partial charge is 0.223 e. The van der Waals surface area contributed by atoms with Crippen molar-refractivity contribution in [2.75, 3.05) is 12.3 Å². The molecule has 4 heteroatoms. The Morgan fingerprint density at radius 1 is 1.05 bits per heavy atom. The van der Waals surface area contributed by atoms with Crippen LogP contribution in [0.5, 0.6) is 0 Å². The van der Waals surface area contributed by atoms with Crippen molar-refractivity contribution >= 4 is 24.0 Å². The van der Waals surface area contributed by atoms with Crippen molar-refractivity contribution in [1.82, 2.24) is 4.90 Å². The molecule has 2 aromatic carbocycles. The number of rotatable bonds is 3. The van der Waals surface area contributed by atoms with Gasteiger partial charge in [-0.3, -0.25) is 4.79 Å². The van der Waals surface area contributed by atoms with Gasteiger partial charge in [0.05, 0.1) is 0 Å². The molecule has 0 fully saturated rings. The van der Waals surface area contributed by atoms with Crippen LogP contribution in [0.25, 0.3) is 0 Å². The third-order valence-electron chi connectivity index (χ3n) is 4.15. The number of para-hydroxylation sites is 1. The van der Waals surface area contributed by atoms with Crippen LogP contribution in [0.2, 0.25) is 0 Å². The summed E-state index contributed by atoms with van der Waals surface area (Å²) in [7, 11) is 0. The van der Waals surface area contributed by atoms with E-state index in [-0.39, 0.29) is 18.3 Å². The molecule has 0 saturated heterocycles. The largest absolute Gasteiger partial charge is 0.399 e. The van der Waals surface area contributed by atoms with E-state index in [1.165, 1.54) is 11.1 Å². The number of halogens is 1. The first-order valence-corrected chi connectivity index (χ1v) is 7.42. The molecule has 0 atom stereocenters. The Morgan fingerprint density at radius 3 is 2.50 bits per heavy atom. The van der Waals surface area contributed by atoms with Crippen LogP contribution in [-0.2, 0) is 24.2 Å². The molecule has 0 spiro atoms. The summed E-state index contributed by atoms with van der Waals surface area (Å²) < 4.78 is 0. The lowest BCUT2D eigenvalue weighted by atomic mass is 9.99. The maximum absolute atomic E-state index is 12.4. The zero-order valence-corrected chi connectivity index (χ0v) is 13.3. The van der Waals surface area contributed by atoms with E-state index in [1.807, 2.05) is 35.2 Å². The average Bonchev–Trinajstić information content (AvgIpc) is 2.53. The molecule has 1 aliphatic heterocycles. The number of carbonyl (C=O) groups excluding carboxylic acids is 1. The summed E-state index contributed by atoms with van der Waals surface area (Å²) in [4.78, 5) is 14.3. The van der Waals surface area contributed by atoms with E-state index in [0.717, 1.165) is 30.8 Å². The third kappa shape index (κ3) is 3.60. The van der Waals surface area contributed by atoms with Gasteiger partial charge in [-0.2, -0.15) is 0 Å². The lowest BCUT2D eigenvalue weighted by Gasteiger charge is -2.29. The second-order valence-electron chi connectivity index (χ2n) is 5.53. The number of amides is 1. The van der Waals surface area contributed by atoms with Crippen LogP contribution in [0.15, 0.2) is 48.5 Å². The summed E-state index contributed by atoms with van der Waals surface area (Å²) in [5.74, 6) is 0.216. The van der Waals surface area contributed by atoms with Crippen molar-refractivity contribution < 1.29 is 4.79 Å². The minimum Gasteiger partial charge on any atom is -0.399 e. The van der Waals surface area contributed by atoms with Gasteiger partial charge < -0.3 is 10.6 Å².